The molecule has 1 heterocycles. The maximum atomic E-state index is 12.7. The predicted molar refractivity (Wildman–Crippen MR) is 110 cm³/mol. The molecule has 0 radical (unpaired) electrons. The molecule has 0 saturated heterocycles. The molecule has 0 atom stereocenters. The number of carbonyl (C=O) groups is 2. The van der Waals surface area contributed by atoms with E-state index in [2.05, 4.69) is 15.0 Å². The molecule has 0 saturated carbocycles. The Morgan fingerprint density at radius 3 is 2.66 bits per heavy atom. The Kier molecular flexibility index (Phi) is 8.12. The Bertz CT molecular complexity index is 967. The standard InChI is InChI=1S/C19H23ClN4O4S/c1-3-8-22-18(25)13-24(2)19(26)15-6-7-16(20)17(10-15)29(27,28)23-12-14-5-4-9-21-11-14/h4-7,9-11,23H,3,8,12-13H2,1-2H3,(H,22,25). The molecule has 2 amide bonds. The normalized spacial score (nSPS) is 11.1. The summed E-state index contributed by atoms with van der Waals surface area (Å²) < 4.78 is 27.8. The van der Waals surface area contributed by atoms with Gasteiger partial charge < -0.3 is 10.2 Å². The highest BCUT2D eigenvalue weighted by Gasteiger charge is 2.22. The SMILES string of the molecule is CCCNC(=O)CN(C)C(=O)c1ccc(Cl)c(S(=O)(=O)NCc2cccnc2)c1. The molecule has 2 N–H and O–H groups in total. The molecular formula is C19H23ClN4O4S. The average molecular weight is 439 g/mol. The molecule has 0 unspecified atom stereocenters. The Hall–Kier alpha value is -2.49. The molecule has 2 rings (SSSR count). The van der Waals surface area contributed by atoms with Gasteiger partial charge in [0.1, 0.15) is 4.90 Å². The lowest BCUT2D eigenvalue weighted by Crippen LogP contribution is -2.38. The van der Waals surface area contributed by atoms with Gasteiger partial charge in [0, 0.05) is 38.1 Å². The van der Waals surface area contributed by atoms with Crippen molar-refractivity contribution in [1.29, 1.82) is 0 Å². The van der Waals surface area contributed by atoms with E-state index in [9.17, 15) is 18.0 Å². The summed E-state index contributed by atoms with van der Waals surface area (Å²) in [4.78, 5) is 29.4. The third-order valence-corrected chi connectivity index (χ3v) is 5.84. The predicted octanol–water partition coefficient (Wildman–Crippen LogP) is 1.81. The smallest absolute Gasteiger partial charge is 0.254 e. The molecule has 29 heavy (non-hydrogen) atoms. The van der Waals surface area contributed by atoms with E-state index in [4.69, 9.17) is 11.6 Å². The lowest BCUT2D eigenvalue weighted by Gasteiger charge is -2.17. The summed E-state index contributed by atoms with van der Waals surface area (Å²) in [7, 11) is -2.50. The van der Waals surface area contributed by atoms with Gasteiger partial charge in [0.05, 0.1) is 11.6 Å². The van der Waals surface area contributed by atoms with Crippen molar-refractivity contribution in [1.82, 2.24) is 19.9 Å². The van der Waals surface area contributed by atoms with Gasteiger partial charge in [-0.25, -0.2) is 13.1 Å². The highest BCUT2D eigenvalue weighted by atomic mass is 35.5. The van der Waals surface area contributed by atoms with Crippen LogP contribution in [0, 0.1) is 0 Å². The second-order valence-electron chi connectivity index (χ2n) is 6.34. The van der Waals surface area contributed by atoms with Crippen molar-refractivity contribution in [3.8, 4) is 0 Å². The molecule has 2 aromatic rings. The van der Waals surface area contributed by atoms with Crippen molar-refractivity contribution in [2.24, 2.45) is 0 Å². The second-order valence-corrected chi connectivity index (χ2v) is 8.48. The van der Waals surface area contributed by atoms with E-state index < -0.39 is 15.9 Å². The Morgan fingerprint density at radius 2 is 2.00 bits per heavy atom. The number of halogens is 1. The van der Waals surface area contributed by atoms with Crippen LogP contribution < -0.4 is 10.0 Å². The van der Waals surface area contributed by atoms with Crippen molar-refractivity contribution >= 4 is 33.4 Å². The van der Waals surface area contributed by atoms with Crippen LogP contribution in [0.25, 0.3) is 0 Å². The van der Waals surface area contributed by atoms with Crippen molar-refractivity contribution in [3.63, 3.8) is 0 Å². The highest BCUT2D eigenvalue weighted by molar-refractivity contribution is 7.89. The molecule has 0 aliphatic rings. The van der Waals surface area contributed by atoms with E-state index in [0.29, 0.717) is 12.1 Å². The van der Waals surface area contributed by atoms with Crippen molar-refractivity contribution in [3.05, 3.63) is 58.9 Å². The van der Waals surface area contributed by atoms with Crippen LogP contribution in [-0.4, -0.2) is 50.3 Å². The summed E-state index contributed by atoms with van der Waals surface area (Å²) in [6.07, 6.45) is 3.92. The number of carbonyl (C=O) groups excluding carboxylic acids is 2. The number of aromatic nitrogens is 1. The zero-order valence-corrected chi connectivity index (χ0v) is 17.8. The highest BCUT2D eigenvalue weighted by Crippen LogP contribution is 2.23. The third kappa shape index (κ3) is 6.52. The molecule has 0 aliphatic heterocycles. The second kappa shape index (κ2) is 10.3. The van der Waals surface area contributed by atoms with Gasteiger partial charge in [0.2, 0.25) is 15.9 Å². The fourth-order valence-electron chi connectivity index (χ4n) is 2.43. The van der Waals surface area contributed by atoms with Gasteiger partial charge >= 0.3 is 0 Å². The number of likely N-dealkylation sites (N-methyl/N-ethyl adjacent to an activating group) is 1. The monoisotopic (exact) mass is 438 g/mol. The average Bonchev–Trinajstić information content (AvgIpc) is 2.71. The Balaban J connectivity index is 2.15. The van der Waals surface area contributed by atoms with E-state index in [0.717, 1.165) is 6.42 Å². The molecular weight excluding hydrogens is 416 g/mol. The number of nitrogens with zero attached hydrogens (tertiary/aromatic N) is 2. The minimum atomic E-state index is -3.97. The fraction of sp³-hybridized carbons (Fsp3) is 0.316. The molecule has 1 aromatic carbocycles. The van der Waals surface area contributed by atoms with Gasteiger partial charge in [0.25, 0.3) is 5.91 Å². The number of hydrogen-bond donors (Lipinski definition) is 2. The van der Waals surface area contributed by atoms with Crippen molar-refractivity contribution < 1.29 is 18.0 Å². The number of rotatable bonds is 9. The van der Waals surface area contributed by atoms with Crippen LogP contribution in [0.1, 0.15) is 29.3 Å². The van der Waals surface area contributed by atoms with Crippen LogP contribution in [0.4, 0.5) is 0 Å². The first-order valence-electron chi connectivity index (χ1n) is 8.95. The molecule has 8 nitrogen and oxygen atoms in total. The van der Waals surface area contributed by atoms with Gasteiger partial charge in [-0.1, -0.05) is 24.6 Å². The largest absolute Gasteiger partial charge is 0.355 e. The number of sulfonamides is 1. The van der Waals surface area contributed by atoms with Crippen LogP contribution in [0.15, 0.2) is 47.6 Å². The summed E-state index contributed by atoms with van der Waals surface area (Å²) >= 11 is 6.07. The molecule has 0 aliphatic carbocycles. The maximum Gasteiger partial charge on any atom is 0.254 e. The van der Waals surface area contributed by atoms with Crippen LogP contribution in [-0.2, 0) is 21.4 Å². The zero-order valence-electron chi connectivity index (χ0n) is 16.2. The van der Waals surface area contributed by atoms with E-state index >= 15 is 0 Å². The van der Waals surface area contributed by atoms with Gasteiger partial charge in [-0.05, 0) is 36.2 Å². The summed E-state index contributed by atoms with van der Waals surface area (Å²) in [5.74, 6) is -0.778. The third-order valence-electron chi connectivity index (χ3n) is 3.96. The first-order valence-corrected chi connectivity index (χ1v) is 10.8. The fourth-order valence-corrected chi connectivity index (χ4v) is 3.97. The number of pyridine rings is 1. The van der Waals surface area contributed by atoms with E-state index in [1.165, 1.54) is 30.1 Å². The summed E-state index contributed by atoms with van der Waals surface area (Å²) in [5, 5.41) is 2.67. The van der Waals surface area contributed by atoms with Gasteiger partial charge in [-0.15, -0.1) is 0 Å². The summed E-state index contributed by atoms with van der Waals surface area (Å²) in [6, 6.07) is 7.40. The van der Waals surface area contributed by atoms with Gasteiger partial charge in [-0.2, -0.15) is 0 Å². The lowest BCUT2D eigenvalue weighted by molar-refractivity contribution is -0.121. The van der Waals surface area contributed by atoms with Crippen LogP contribution >= 0.6 is 11.6 Å². The number of nitrogens with one attached hydrogen (secondary N) is 2. The zero-order chi connectivity index (χ0) is 21.4. The summed E-state index contributed by atoms with van der Waals surface area (Å²) in [6.45, 7) is 2.34. The van der Waals surface area contributed by atoms with Crippen LogP contribution in [0.2, 0.25) is 5.02 Å². The molecule has 0 fully saturated rings. The molecule has 1 aromatic heterocycles. The van der Waals surface area contributed by atoms with E-state index in [-0.39, 0.29) is 34.5 Å². The lowest BCUT2D eigenvalue weighted by atomic mass is 10.2. The topological polar surface area (TPSA) is 108 Å². The summed E-state index contributed by atoms with van der Waals surface area (Å²) in [5.41, 5.74) is 0.791. The van der Waals surface area contributed by atoms with E-state index in [1.807, 2.05) is 6.92 Å². The number of benzene rings is 1. The molecule has 156 valence electrons. The van der Waals surface area contributed by atoms with Gasteiger partial charge in [-0.3, -0.25) is 14.6 Å². The van der Waals surface area contributed by atoms with Crippen molar-refractivity contribution in [2.75, 3.05) is 20.1 Å². The Labute approximate surface area is 175 Å². The first-order chi connectivity index (χ1) is 13.7. The molecule has 10 heteroatoms. The quantitative estimate of drug-likeness (QED) is 0.620. The Morgan fingerprint density at radius 1 is 1.24 bits per heavy atom. The minimum Gasteiger partial charge on any atom is -0.355 e. The number of amides is 2. The minimum absolute atomic E-state index is 0.0106. The maximum absolute atomic E-state index is 12.7. The molecule has 0 bridgehead atoms. The molecule has 0 spiro atoms. The first kappa shape index (κ1) is 22.8. The van der Waals surface area contributed by atoms with Crippen molar-refractivity contribution in [2.45, 2.75) is 24.8 Å². The van der Waals surface area contributed by atoms with Crippen LogP contribution in [0.5, 0.6) is 0 Å². The van der Waals surface area contributed by atoms with Crippen LogP contribution in [0.3, 0.4) is 0 Å². The van der Waals surface area contributed by atoms with Gasteiger partial charge in [0.15, 0.2) is 0 Å². The van der Waals surface area contributed by atoms with E-state index in [1.54, 1.807) is 24.5 Å². The number of hydrogen-bond acceptors (Lipinski definition) is 5.